The lowest BCUT2D eigenvalue weighted by Crippen LogP contribution is -2.50. The zero-order chi connectivity index (χ0) is 18.1. The van der Waals surface area contributed by atoms with Crippen LogP contribution in [0, 0.1) is 5.82 Å². The Morgan fingerprint density at radius 3 is 2.35 bits per heavy atom. The Morgan fingerprint density at radius 2 is 1.69 bits per heavy atom. The summed E-state index contributed by atoms with van der Waals surface area (Å²) in [6.45, 7) is 3.09. The summed E-state index contributed by atoms with van der Waals surface area (Å²) < 4.78 is 14.3. The number of fused-ring (bicyclic) bond motifs is 2. The minimum Gasteiger partial charge on any atom is -0.385 e. The zero-order valence-corrected chi connectivity index (χ0v) is 15.2. The van der Waals surface area contributed by atoms with Gasteiger partial charge in [0.2, 0.25) is 0 Å². The first-order chi connectivity index (χ1) is 12.5. The first-order valence-electron chi connectivity index (χ1n) is 9.50. The molecule has 0 amide bonds. The van der Waals surface area contributed by atoms with Crippen molar-refractivity contribution in [3.63, 3.8) is 0 Å². The van der Waals surface area contributed by atoms with E-state index in [0.717, 1.165) is 19.4 Å². The second-order valence-corrected chi connectivity index (χ2v) is 7.88. The van der Waals surface area contributed by atoms with Crippen LogP contribution in [0.15, 0.2) is 60.2 Å². The summed E-state index contributed by atoms with van der Waals surface area (Å²) in [5.41, 5.74) is 1.97. The quantitative estimate of drug-likeness (QED) is 0.860. The number of hydrogen-bond donors (Lipinski definition) is 1. The Balaban J connectivity index is 1.51. The van der Waals surface area contributed by atoms with Crippen LogP contribution in [-0.4, -0.2) is 28.6 Å². The monoisotopic (exact) mass is 351 g/mol. The maximum atomic E-state index is 14.3. The lowest BCUT2D eigenvalue weighted by molar-refractivity contribution is -0.0563. The van der Waals surface area contributed by atoms with Gasteiger partial charge in [0.1, 0.15) is 5.82 Å². The third-order valence-corrected chi connectivity index (χ3v) is 5.94. The van der Waals surface area contributed by atoms with Crippen molar-refractivity contribution in [3.05, 3.63) is 77.1 Å². The third kappa shape index (κ3) is 3.34. The first-order valence-corrected chi connectivity index (χ1v) is 9.50. The fraction of sp³-hybridized carbons (Fsp3) is 0.391. The van der Waals surface area contributed by atoms with Gasteiger partial charge >= 0.3 is 0 Å². The molecule has 2 aromatic rings. The van der Waals surface area contributed by atoms with E-state index in [9.17, 15) is 9.50 Å². The van der Waals surface area contributed by atoms with Crippen LogP contribution in [0.4, 0.5) is 4.39 Å². The van der Waals surface area contributed by atoms with Gasteiger partial charge in [-0.3, -0.25) is 4.90 Å². The normalized spacial score (nSPS) is 29.1. The minimum absolute atomic E-state index is 0.289. The molecule has 2 bridgehead atoms. The van der Waals surface area contributed by atoms with Crippen molar-refractivity contribution in [2.24, 2.45) is 0 Å². The van der Waals surface area contributed by atoms with Crippen molar-refractivity contribution in [2.75, 3.05) is 6.54 Å². The molecule has 2 nitrogen and oxygen atoms in total. The first kappa shape index (κ1) is 17.4. The van der Waals surface area contributed by atoms with E-state index < -0.39 is 5.60 Å². The molecule has 2 saturated heterocycles. The van der Waals surface area contributed by atoms with E-state index in [1.165, 1.54) is 17.2 Å². The van der Waals surface area contributed by atoms with Crippen LogP contribution < -0.4 is 0 Å². The summed E-state index contributed by atoms with van der Waals surface area (Å²) in [7, 11) is 0. The third-order valence-electron chi connectivity index (χ3n) is 5.94. The van der Waals surface area contributed by atoms with Crippen LogP contribution in [-0.2, 0) is 5.60 Å². The molecule has 0 aliphatic carbocycles. The molecule has 2 heterocycles. The molecule has 2 unspecified atom stereocenters. The number of hydrogen-bond acceptors (Lipinski definition) is 2. The van der Waals surface area contributed by atoms with Gasteiger partial charge in [0.15, 0.2) is 0 Å². The van der Waals surface area contributed by atoms with Crippen molar-refractivity contribution < 1.29 is 9.50 Å². The highest BCUT2D eigenvalue weighted by molar-refractivity contribution is 5.52. The molecule has 3 heteroatoms. The fourth-order valence-corrected chi connectivity index (χ4v) is 4.80. The van der Waals surface area contributed by atoms with Crippen LogP contribution in [0.1, 0.15) is 43.7 Å². The Hall–Kier alpha value is -1.97. The lowest BCUT2D eigenvalue weighted by atomic mass is 9.80. The van der Waals surface area contributed by atoms with Gasteiger partial charge in [-0.25, -0.2) is 4.39 Å². The molecule has 2 fully saturated rings. The van der Waals surface area contributed by atoms with E-state index in [1.807, 2.05) is 12.1 Å². The van der Waals surface area contributed by atoms with E-state index in [1.54, 1.807) is 12.1 Å². The number of piperidine rings is 1. The average molecular weight is 351 g/mol. The highest BCUT2D eigenvalue weighted by Crippen LogP contribution is 2.46. The fourth-order valence-electron chi connectivity index (χ4n) is 4.80. The summed E-state index contributed by atoms with van der Waals surface area (Å²) in [5.74, 6) is -0.289. The van der Waals surface area contributed by atoms with Gasteiger partial charge < -0.3 is 5.11 Å². The van der Waals surface area contributed by atoms with Gasteiger partial charge in [-0.1, -0.05) is 60.2 Å². The van der Waals surface area contributed by atoms with Crippen LogP contribution in [0.3, 0.4) is 0 Å². The number of rotatable bonds is 4. The number of benzene rings is 2. The molecule has 2 aliphatic heterocycles. The predicted molar refractivity (Wildman–Crippen MR) is 103 cm³/mol. The molecule has 2 aliphatic rings. The maximum Gasteiger partial charge on any atom is 0.129 e. The Labute approximate surface area is 155 Å². The molecule has 0 spiro atoms. The van der Waals surface area contributed by atoms with Crippen LogP contribution in [0.5, 0.6) is 0 Å². The van der Waals surface area contributed by atoms with Crippen molar-refractivity contribution in [1.29, 1.82) is 0 Å². The van der Waals surface area contributed by atoms with E-state index in [2.05, 4.69) is 42.2 Å². The molecular weight excluding hydrogens is 325 g/mol. The molecular formula is C23H26FNO. The van der Waals surface area contributed by atoms with Gasteiger partial charge in [0.05, 0.1) is 5.60 Å². The second kappa shape index (κ2) is 6.98. The molecule has 2 aromatic carbocycles. The van der Waals surface area contributed by atoms with Gasteiger partial charge in [0, 0.05) is 24.2 Å². The molecule has 0 saturated carbocycles. The number of halogens is 1. The largest absolute Gasteiger partial charge is 0.385 e. The summed E-state index contributed by atoms with van der Waals surface area (Å²) >= 11 is 0. The maximum absolute atomic E-state index is 14.3. The summed E-state index contributed by atoms with van der Waals surface area (Å²) in [5, 5.41) is 11.2. The van der Waals surface area contributed by atoms with Gasteiger partial charge in [-0.2, -0.15) is 0 Å². The molecule has 2 atom stereocenters. The lowest BCUT2D eigenvalue weighted by Gasteiger charge is -2.44. The van der Waals surface area contributed by atoms with E-state index in [0.29, 0.717) is 30.5 Å². The highest BCUT2D eigenvalue weighted by Gasteiger charge is 2.48. The van der Waals surface area contributed by atoms with Crippen LogP contribution in [0.25, 0.3) is 6.08 Å². The summed E-state index contributed by atoms with van der Waals surface area (Å²) in [6.07, 6.45) is 5.63. The molecule has 4 rings (SSSR count). The second-order valence-electron chi connectivity index (χ2n) is 7.88. The van der Waals surface area contributed by atoms with Crippen LogP contribution >= 0.6 is 0 Å². The Kier molecular flexibility index (Phi) is 4.68. The molecule has 26 heavy (non-hydrogen) atoms. The Bertz CT molecular complexity index is 787. The zero-order valence-electron chi connectivity index (χ0n) is 15.2. The summed E-state index contributed by atoms with van der Waals surface area (Å²) in [4.78, 5) is 2.52. The standard InChI is InChI=1S/C23H26FNO/c1-17(13-18-7-3-2-4-8-18)16-25-19-11-12-20(25)15-23(26,14-19)21-9-5-6-10-22(21)24/h2-10,13,19-20,26H,11-12,14-16H2,1H3/b17-13+. The van der Waals surface area contributed by atoms with Gasteiger partial charge in [-0.15, -0.1) is 0 Å². The molecule has 0 radical (unpaired) electrons. The van der Waals surface area contributed by atoms with E-state index >= 15 is 0 Å². The van der Waals surface area contributed by atoms with Crippen LogP contribution in [0.2, 0.25) is 0 Å². The number of aliphatic hydroxyl groups is 1. The average Bonchev–Trinajstić information content (AvgIpc) is 2.87. The molecule has 1 N–H and O–H groups in total. The SMILES string of the molecule is C/C(=C\c1ccccc1)CN1C2CCC1CC(O)(c1ccccc1F)C2. The van der Waals surface area contributed by atoms with E-state index in [-0.39, 0.29) is 5.82 Å². The van der Waals surface area contributed by atoms with Gasteiger partial charge in [-0.05, 0) is 44.2 Å². The van der Waals surface area contributed by atoms with Crippen molar-refractivity contribution in [3.8, 4) is 0 Å². The highest BCUT2D eigenvalue weighted by atomic mass is 19.1. The smallest absolute Gasteiger partial charge is 0.129 e. The predicted octanol–water partition coefficient (Wildman–Crippen LogP) is 4.74. The summed E-state index contributed by atoms with van der Waals surface area (Å²) in [6, 6.07) is 17.7. The van der Waals surface area contributed by atoms with E-state index in [4.69, 9.17) is 0 Å². The van der Waals surface area contributed by atoms with Crippen molar-refractivity contribution >= 4 is 6.08 Å². The topological polar surface area (TPSA) is 23.5 Å². The Morgan fingerprint density at radius 1 is 1.08 bits per heavy atom. The molecule has 0 aromatic heterocycles. The minimum atomic E-state index is -1.04. The van der Waals surface area contributed by atoms with Gasteiger partial charge in [0.25, 0.3) is 0 Å². The van der Waals surface area contributed by atoms with Crippen molar-refractivity contribution in [2.45, 2.75) is 50.3 Å². The van der Waals surface area contributed by atoms with Crippen molar-refractivity contribution in [1.82, 2.24) is 4.90 Å². The molecule has 136 valence electrons. The number of nitrogens with zero attached hydrogens (tertiary/aromatic N) is 1.